The van der Waals surface area contributed by atoms with E-state index in [1.54, 1.807) is 30.3 Å². The van der Waals surface area contributed by atoms with Gasteiger partial charge in [0.15, 0.2) is 9.75 Å². The quantitative estimate of drug-likeness (QED) is 0.283. The van der Waals surface area contributed by atoms with E-state index in [0.717, 1.165) is 10.5 Å². The summed E-state index contributed by atoms with van der Waals surface area (Å²) in [7, 11) is 4.11. The second-order valence-corrected chi connectivity index (χ2v) is 12.7. The van der Waals surface area contributed by atoms with E-state index < -0.39 is 45.2 Å². The van der Waals surface area contributed by atoms with Gasteiger partial charge in [0.2, 0.25) is 11.8 Å². The van der Waals surface area contributed by atoms with Gasteiger partial charge in [-0.2, -0.15) is 0 Å². The molecule has 0 unspecified atom stereocenters. The van der Waals surface area contributed by atoms with Gasteiger partial charge < -0.3 is 19.7 Å². The molecule has 0 spiro atoms. The number of halogens is 2. The zero-order valence-electron chi connectivity index (χ0n) is 23.7. The number of imide groups is 2. The molecule has 0 radical (unpaired) electrons. The van der Waals surface area contributed by atoms with E-state index in [9.17, 15) is 29.4 Å². The number of nitrogens with zero attached hydrogens (tertiary/aromatic N) is 2. The number of fused-ring (bicyclic) bond motifs is 4. The van der Waals surface area contributed by atoms with Gasteiger partial charge in [-0.25, -0.2) is 0 Å². The second-order valence-electron chi connectivity index (χ2n) is 11.5. The number of likely N-dealkylation sites (tertiary alicyclic amines) is 2. The lowest BCUT2D eigenvalue weighted by atomic mass is 9.56. The van der Waals surface area contributed by atoms with Crippen molar-refractivity contribution < 1.29 is 38.9 Å². The van der Waals surface area contributed by atoms with E-state index in [1.165, 1.54) is 38.3 Å². The maximum absolute atomic E-state index is 14.0. The van der Waals surface area contributed by atoms with E-state index in [0.29, 0.717) is 12.0 Å². The number of amides is 4. The maximum atomic E-state index is 14.0. The first-order chi connectivity index (χ1) is 20.4. The van der Waals surface area contributed by atoms with Gasteiger partial charge in [0.05, 0.1) is 26.1 Å². The van der Waals surface area contributed by atoms with Crippen molar-refractivity contribution in [3.63, 3.8) is 0 Å². The number of benzene rings is 2. The third kappa shape index (κ3) is 3.99. The second kappa shape index (κ2) is 10.2. The number of phenols is 2. The van der Waals surface area contributed by atoms with Crippen LogP contribution in [0.1, 0.15) is 29.9 Å². The number of aromatic hydroxyl groups is 2. The number of ether oxygens (including phenoxy) is 2. The monoisotopic (exact) mass is 628 g/mol. The molecule has 10 nitrogen and oxygen atoms in total. The summed E-state index contributed by atoms with van der Waals surface area (Å²) < 4.78 is 10.9. The Hall–Kier alpha value is -3.76. The standard InChI is InChI=1S/C31H30Cl2N2O8/c1-34-28(40)30(32)14-20-18(25(31(30,33)29(34)41)24-21(37)12-17(42-2)13-22(24)43-3)8-9-19-23(20)27(39)35(26(19)38)11-10-15-4-6-16(36)7-5-15/h4-8,12-13,19-20,23,25,36-37H,9-11,14H2,1-3H3/t19-,20+,23-,25+,30+,31-/m0/s1. The van der Waals surface area contributed by atoms with Gasteiger partial charge in [-0.1, -0.05) is 23.8 Å². The lowest BCUT2D eigenvalue weighted by Crippen LogP contribution is -2.60. The topological polar surface area (TPSA) is 134 Å². The molecule has 226 valence electrons. The minimum absolute atomic E-state index is 0.115. The fourth-order valence-corrected chi connectivity index (χ4v) is 8.42. The third-order valence-electron chi connectivity index (χ3n) is 9.50. The van der Waals surface area contributed by atoms with Crippen LogP contribution < -0.4 is 9.47 Å². The van der Waals surface area contributed by atoms with Crippen LogP contribution in [-0.4, -0.2) is 81.2 Å². The van der Waals surface area contributed by atoms with Crippen molar-refractivity contribution >= 4 is 46.8 Å². The number of phenolic OH excluding ortho intramolecular Hbond substituents is 2. The van der Waals surface area contributed by atoms with Crippen LogP contribution in [0.3, 0.4) is 0 Å². The maximum Gasteiger partial charge on any atom is 0.253 e. The lowest BCUT2D eigenvalue weighted by Gasteiger charge is -2.51. The molecule has 4 amide bonds. The minimum atomic E-state index is -2.06. The highest BCUT2D eigenvalue weighted by molar-refractivity contribution is 6.53. The van der Waals surface area contributed by atoms with Crippen LogP contribution in [0.2, 0.25) is 0 Å². The molecule has 2 aliphatic heterocycles. The van der Waals surface area contributed by atoms with Crippen molar-refractivity contribution in [3.05, 3.63) is 59.2 Å². The van der Waals surface area contributed by atoms with Gasteiger partial charge in [0, 0.05) is 37.2 Å². The van der Waals surface area contributed by atoms with E-state index in [4.69, 9.17) is 32.7 Å². The molecular weight excluding hydrogens is 599 g/mol. The Balaban J connectivity index is 1.45. The zero-order valence-corrected chi connectivity index (χ0v) is 25.2. The molecule has 0 aromatic heterocycles. The summed E-state index contributed by atoms with van der Waals surface area (Å²) in [5.41, 5.74) is 1.52. The van der Waals surface area contributed by atoms with Gasteiger partial charge in [0.25, 0.3) is 11.8 Å². The number of allylic oxidation sites excluding steroid dienone is 2. The number of methoxy groups -OCH3 is 2. The van der Waals surface area contributed by atoms with Crippen LogP contribution in [0.25, 0.3) is 0 Å². The highest BCUT2D eigenvalue weighted by Crippen LogP contribution is 2.67. The van der Waals surface area contributed by atoms with Crippen molar-refractivity contribution in [2.24, 2.45) is 17.8 Å². The fourth-order valence-electron chi connectivity index (χ4n) is 7.41. The molecule has 3 fully saturated rings. The number of alkyl halides is 2. The van der Waals surface area contributed by atoms with Crippen LogP contribution in [0, 0.1) is 17.8 Å². The fraction of sp³-hybridized carbons (Fsp3) is 0.419. The minimum Gasteiger partial charge on any atom is -0.508 e. The average molecular weight is 629 g/mol. The first kappa shape index (κ1) is 29.3. The highest BCUT2D eigenvalue weighted by Gasteiger charge is 2.76. The van der Waals surface area contributed by atoms with Crippen molar-refractivity contribution in [1.82, 2.24) is 9.80 Å². The van der Waals surface area contributed by atoms with Gasteiger partial charge in [0.1, 0.15) is 23.0 Å². The number of hydrogen-bond acceptors (Lipinski definition) is 8. The molecule has 2 saturated heterocycles. The van der Waals surface area contributed by atoms with Crippen molar-refractivity contribution in [3.8, 4) is 23.0 Å². The molecule has 6 rings (SSSR count). The van der Waals surface area contributed by atoms with E-state index in [1.807, 2.05) is 0 Å². The molecule has 6 atom stereocenters. The molecule has 2 heterocycles. The van der Waals surface area contributed by atoms with E-state index >= 15 is 0 Å². The summed E-state index contributed by atoms with van der Waals surface area (Å²) in [5.74, 6) is -5.29. The predicted octanol–water partition coefficient (Wildman–Crippen LogP) is 3.35. The Morgan fingerprint density at radius 3 is 2.30 bits per heavy atom. The summed E-state index contributed by atoms with van der Waals surface area (Å²) in [6.45, 7) is 0.139. The molecule has 12 heteroatoms. The molecule has 0 bridgehead atoms. The van der Waals surface area contributed by atoms with Crippen LogP contribution in [0.5, 0.6) is 23.0 Å². The van der Waals surface area contributed by atoms with Gasteiger partial charge >= 0.3 is 0 Å². The molecule has 2 aromatic carbocycles. The Morgan fingerprint density at radius 2 is 1.65 bits per heavy atom. The highest BCUT2D eigenvalue weighted by atomic mass is 35.5. The Bertz CT molecular complexity index is 1590. The number of carbonyl (C=O) groups excluding carboxylic acids is 4. The summed E-state index contributed by atoms with van der Waals surface area (Å²) in [6.07, 6.45) is 2.24. The van der Waals surface area contributed by atoms with Crippen molar-refractivity contribution in [2.45, 2.75) is 34.9 Å². The normalized spacial score (nSPS) is 31.5. The first-order valence-corrected chi connectivity index (χ1v) is 14.6. The van der Waals surface area contributed by atoms with Gasteiger partial charge in [-0.3, -0.25) is 29.0 Å². The largest absolute Gasteiger partial charge is 0.508 e. The lowest BCUT2D eigenvalue weighted by molar-refractivity contribution is -0.141. The molecule has 2 aliphatic carbocycles. The molecule has 2 N–H and O–H groups in total. The third-order valence-corrected chi connectivity index (χ3v) is 10.9. The van der Waals surface area contributed by atoms with Crippen LogP contribution in [0.15, 0.2) is 48.0 Å². The van der Waals surface area contributed by atoms with E-state index in [2.05, 4.69) is 0 Å². The van der Waals surface area contributed by atoms with Crippen LogP contribution >= 0.6 is 23.2 Å². The van der Waals surface area contributed by atoms with Crippen LogP contribution in [-0.2, 0) is 25.6 Å². The summed E-state index contributed by atoms with van der Waals surface area (Å²) in [5, 5.41) is 20.9. The molecule has 1 saturated carbocycles. The zero-order chi connectivity index (χ0) is 31.0. The van der Waals surface area contributed by atoms with Crippen LogP contribution in [0.4, 0.5) is 0 Å². The average Bonchev–Trinajstić information content (AvgIpc) is 3.31. The van der Waals surface area contributed by atoms with Gasteiger partial charge in [-0.05, 0) is 42.9 Å². The summed E-state index contributed by atoms with van der Waals surface area (Å²) in [4.78, 5) is 53.1. The molecule has 2 aromatic rings. The number of carbonyl (C=O) groups is 4. The Labute approximate surface area is 257 Å². The Morgan fingerprint density at radius 1 is 0.953 bits per heavy atom. The molecule has 4 aliphatic rings. The number of hydrogen-bond donors (Lipinski definition) is 2. The number of rotatable bonds is 6. The predicted molar refractivity (Wildman–Crippen MR) is 155 cm³/mol. The van der Waals surface area contributed by atoms with Crippen molar-refractivity contribution in [1.29, 1.82) is 0 Å². The summed E-state index contributed by atoms with van der Waals surface area (Å²) >= 11 is 14.4. The van der Waals surface area contributed by atoms with E-state index in [-0.39, 0.29) is 59.8 Å². The van der Waals surface area contributed by atoms with Gasteiger partial charge in [-0.15, -0.1) is 23.2 Å². The molecule has 43 heavy (non-hydrogen) atoms. The first-order valence-electron chi connectivity index (χ1n) is 13.9. The molecular formula is C31H30Cl2N2O8. The SMILES string of the molecule is COc1cc(O)c([C@H]2C3=CC[C@@H]4C(=O)N(CCc5ccc(O)cc5)C(=O)[C@@H]4[C@@H]3C[C@@]3(Cl)C(=O)N(C)C(=O)[C@@]23Cl)c(OC)c1. The van der Waals surface area contributed by atoms with Crippen molar-refractivity contribution in [2.75, 3.05) is 27.8 Å². The Kier molecular flexibility index (Phi) is 6.93. The summed E-state index contributed by atoms with van der Waals surface area (Å²) in [6, 6.07) is 9.41. The smallest absolute Gasteiger partial charge is 0.253 e.